The average molecular weight is 210 g/mol. The Morgan fingerprint density at radius 1 is 1.47 bits per heavy atom. The second-order valence-corrected chi connectivity index (χ2v) is 5.31. The lowest BCUT2D eigenvalue weighted by Crippen LogP contribution is -2.15. The topological polar surface area (TPSA) is 38.0 Å². The van der Waals surface area contributed by atoms with Crippen LogP contribution in [0.15, 0.2) is 6.20 Å². The van der Waals surface area contributed by atoms with Crippen molar-refractivity contribution in [2.45, 2.75) is 52.1 Å². The van der Waals surface area contributed by atoms with Gasteiger partial charge in [-0.25, -0.2) is 0 Å². The van der Waals surface area contributed by atoms with E-state index in [1.165, 1.54) is 5.56 Å². The van der Waals surface area contributed by atoms with Crippen molar-refractivity contribution in [3.8, 4) is 0 Å². The Hall–Kier alpha value is -0.830. The largest absolute Gasteiger partial charge is 0.393 e. The van der Waals surface area contributed by atoms with Crippen LogP contribution >= 0.6 is 0 Å². The number of hydrogen-bond donors (Lipinski definition) is 1. The Morgan fingerprint density at radius 3 is 2.53 bits per heavy atom. The second kappa shape index (κ2) is 4.35. The molecule has 0 spiro atoms. The fourth-order valence-electron chi connectivity index (χ4n) is 1.72. The zero-order valence-corrected chi connectivity index (χ0v) is 10.4. The van der Waals surface area contributed by atoms with E-state index in [1.54, 1.807) is 0 Å². The molecule has 0 saturated carbocycles. The molecule has 0 unspecified atom stereocenters. The average Bonchev–Trinajstić information content (AvgIpc) is 2.42. The summed E-state index contributed by atoms with van der Waals surface area (Å²) in [6, 6.07) is 0. The van der Waals surface area contributed by atoms with Gasteiger partial charge >= 0.3 is 0 Å². The third kappa shape index (κ3) is 3.34. The smallest absolute Gasteiger partial charge is 0.0709 e. The van der Waals surface area contributed by atoms with E-state index in [2.05, 4.69) is 32.1 Å². The zero-order valence-electron chi connectivity index (χ0n) is 10.4. The highest BCUT2D eigenvalue weighted by Gasteiger charge is 2.21. The summed E-state index contributed by atoms with van der Waals surface area (Å²) in [6.45, 7) is 8.33. The van der Waals surface area contributed by atoms with Crippen molar-refractivity contribution in [3.63, 3.8) is 0 Å². The van der Waals surface area contributed by atoms with Gasteiger partial charge in [0, 0.05) is 18.7 Å². The van der Waals surface area contributed by atoms with E-state index in [4.69, 9.17) is 0 Å². The molecule has 0 radical (unpaired) electrons. The van der Waals surface area contributed by atoms with Gasteiger partial charge in [0.15, 0.2) is 0 Å². The van der Waals surface area contributed by atoms with Gasteiger partial charge in [-0.2, -0.15) is 5.10 Å². The first-order chi connectivity index (χ1) is 6.80. The minimum absolute atomic E-state index is 0.0787. The number of aromatic nitrogens is 2. The lowest BCUT2D eigenvalue weighted by Gasteiger charge is -2.17. The predicted octanol–water partition coefficient (Wildman–Crippen LogP) is 2.03. The van der Waals surface area contributed by atoms with E-state index >= 15 is 0 Å². The highest BCUT2D eigenvalue weighted by molar-refractivity contribution is 5.24. The number of aliphatic hydroxyl groups is 1. The van der Waals surface area contributed by atoms with Gasteiger partial charge in [0.1, 0.15) is 0 Å². The lowest BCUT2D eigenvalue weighted by atomic mass is 9.88. The van der Waals surface area contributed by atoms with Crippen molar-refractivity contribution < 1.29 is 5.11 Å². The first-order valence-electron chi connectivity index (χ1n) is 5.52. The SMILES string of the molecule is C[C@@H](O)CCc1cn(C)nc1C(C)(C)C. The standard InChI is InChI=1S/C12H22N2O/c1-9(15)6-7-10-8-14(5)13-11(10)12(2,3)4/h8-9,15H,6-7H2,1-5H3/t9-/m1/s1. The molecule has 0 amide bonds. The predicted molar refractivity (Wildman–Crippen MR) is 61.9 cm³/mol. The lowest BCUT2D eigenvalue weighted by molar-refractivity contribution is 0.184. The van der Waals surface area contributed by atoms with Crippen LogP contribution in [0.4, 0.5) is 0 Å². The van der Waals surface area contributed by atoms with Crippen molar-refractivity contribution in [3.05, 3.63) is 17.5 Å². The summed E-state index contributed by atoms with van der Waals surface area (Å²) < 4.78 is 1.86. The van der Waals surface area contributed by atoms with Crippen molar-refractivity contribution in [2.75, 3.05) is 0 Å². The summed E-state index contributed by atoms with van der Waals surface area (Å²) in [4.78, 5) is 0. The zero-order chi connectivity index (χ0) is 11.6. The van der Waals surface area contributed by atoms with Gasteiger partial charge in [0.25, 0.3) is 0 Å². The van der Waals surface area contributed by atoms with Gasteiger partial charge in [0.2, 0.25) is 0 Å². The molecule has 0 fully saturated rings. The number of rotatable bonds is 3. The maximum absolute atomic E-state index is 9.29. The maximum atomic E-state index is 9.29. The Morgan fingerprint density at radius 2 is 2.07 bits per heavy atom. The Kier molecular flexibility index (Phi) is 3.55. The van der Waals surface area contributed by atoms with Crippen LogP contribution in [0, 0.1) is 0 Å². The van der Waals surface area contributed by atoms with Crippen molar-refractivity contribution >= 4 is 0 Å². The Bertz CT molecular complexity index is 321. The van der Waals surface area contributed by atoms with Gasteiger partial charge in [-0.15, -0.1) is 0 Å². The summed E-state index contributed by atoms with van der Waals surface area (Å²) in [5, 5.41) is 13.8. The van der Waals surface area contributed by atoms with Crippen LogP contribution in [0.25, 0.3) is 0 Å². The normalized spacial score (nSPS) is 14.3. The van der Waals surface area contributed by atoms with Crippen LogP contribution in [-0.4, -0.2) is 21.0 Å². The van der Waals surface area contributed by atoms with Gasteiger partial charge < -0.3 is 5.11 Å². The highest BCUT2D eigenvalue weighted by Crippen LogP contribution is 2.25. The van der Waals surface area contributed by atoms with E-state index in [1.807, 2.05) is 18.7 Å². The summed E-state index contributed by atoms with van der Waals surface area (Å²) in [7, 11) is 1.95. The van der Waals surface area contributed by atoms with Gasteiger partial charge in [-0.05, 0) is 25.3 Å². The molecule has 1 N–H and O–H groups in total. The van der Waals surface area contributed by atoms with E-state index in [0.29, 0.717) is 0 Å². The molecule has 0 aliphatic rings. The van der Waals surface area contributed by atoms with Crippen LogP contribution < -0.4 is 0 Å². The van der Waals surface area contributed by atoms with Crippen molar-refractivity contribution in [2.24, 2.45) is 7.05 Å². The molecule has 15 heavy (non-hydrogen) atoms. The fourth-order valence-corrected chi connectivity index (χ4v) is 1.72. The molecule has 1 aromatic heterocycles. The quantitative estimate of drug-likeness (QED) is 0.829. The van der Waals surface area contributed by atoms with Crippen LogP contribution in [0.1, 0.15) is 45.4 Å². The molecule has 0 saturated heterocycles. The first kappa shape index (κ1) is 12.2. The second-order valence-electron chi connectivity index (χ2n) is 5.31. The molecular formula is C12H22N2O. The number of hydrogen-bond acceptors (Lipinski definition) is 2. The van der Waals surface area contributed by atoms with Crippen LogP contribution in [0.3, 0.4) is 0 Å². The number of aliphatic hydroxyl groups excluding tert-OH is 1. The molecule has 86 valence electrons. The molecule has 0 aliphatic carbocycles. The van der Waals surface area contributed by atoms with Crippen molar-refractivity contribution in [1.82, 2.24) is 9.78 Å². The Balaban J connectivity index is 2.87. The summed E-state index contributed by atoms with van der Waals surface area (Å²) in [6.07, 6.45) is 3.52. The van der Waals surface area contributed by atoms with Crippen LogP contribution in [0.2, 0.25) is 0 Å². The van der Waals surface area contributed by atoms with Gasteiger partial charge in [-0.1, -0.05) is 20.8 Å². The van der Waals surface area contributed by atoms with E-state index in [0.717, 1.165) is 18.5 Å². The van der Waals surface area contributed by atoms with Crippen molar-refractivity contribution in [1.29, 1.82) is 0 Å². The molecule has 1 heterocycles. The molecule has 3 heteroatoms. The van der Waals surface area contributed by atoms with E-state index < -0.39 is 0 Å². The summed E-state index contributed by atoms with van der Waals surface area (Å²) in [5.41, 5.74) is 2.48. The third-order valence-corrected chi connectivity index (χ3v) is 2.45. The summed E-state index contributed by atoms with van der Waals surface area (Å²) in [5.74, 6) is 0. The van der Waals surface area contributed by atoms with Gasteiger partial charge in [-0.3, -0.25) is 4.68 Å². The molecule has 0 bridgehead atoms. The minimum Gasteiger partial charge on any atom is -0.393 e. The molecule has 1 aromatic rings. The van der Waals surface area contributed by atoms with Crippen LogP contribution in [-0.2, 0) is 18.9 Å². The highest BCUT2D eigenvalue weighted by atomic mass is 16.3. The van der Waals surface area contributed by atoms with E-state index in [9.17, 15) is 5.11 Å². The van der Waals surface area contributed by atoms with E-state index in [-0.39, 0.29) is 11.5 Å². The fraction of sp³-hybridized carbons (Fsp3) is 0.750. The summed E-state index contributed by atoms with van der Waals surface area (Å²) >= 11 is 0. The Labute approximate surface area is 92.1 Å². The van der Waals surface area contributed by atoms with Crippen LogP contribution in [0.5, 0.6) is 0 Å². The maximum Gasteiger partial charge on any atom is 0.0709 e. The number of aryl methyl sites for hydroxylation is 2. The molecule has 3 nitrogen and oxygen atoms in total. The minimum atomic E-state index is -0.238. The molecule has 1 rings (SSSR count). The molecule has 0 aliphatic heterocycles. The van der Waals surface area contributed by atoms with Gasteiger partial charge in [0.05, 0.1) is 11.8 Å². The third-order valence-electron chi connectivity index (χ3n) is 2.45. The number of nitrogens with zero attached hydrogens (tertiary/aromatic N) is 2. The molecular weight excluding hydrogens is 188 g/mol. The molecule has 1 atom stereocenters. The first-order valence-corrected chi connectivity index (χ1v) is 5.52. The molecule has 0 aromatic carbocycles. The monoisotopic (exact) mass is 210 g/mol.